The molecule has 5 rings (SSSR count). The maximum Gasteiger partial charge on any atom is 0.264 e. The van der Waals surface area contributed by atoms with Crippen LogP contribution < -0.4 is 14.4 Å². The first-order valence-corrected chi connectivity index (χ1v) is 14.0. The van der Waals surface area contributed by atoms with Gasteiger partial charge in [-0.2, -0.15) is 0 Å². The van der Waals surface area contributed by atoms with Crippen LogP contribution in [-0.2, 0) is 16.4 Å². The van der Waals surface area contributed by atoms with E-state index in [1.165, 1.54) is 39.9 Å². The molecule has 0 aliphatic carbocycles. The average Bonchev–Trinajstić information content (AvgIpc) is 3.55. The van der Waals surface area contributed by atoms with Gasteiger partial charge in [0.1, 0.15) is 5.75 Å². The van der Waals surface area contributed by atoms with Gasteiger partial charge in [-0.15, -0.1) is 11.3 Å². The summed E-state index contributed by atoms with van der Waals surface area (Å²) in [5, 5.41) is 5.14. The van der Waals surface area contributed by atoms with Gasteiger partial charge in [-0.25, -0.2) is 13.4 Å². The molecule has 0 spiro atoms. The van der Waals surface area contributed by atoms with Gasteiger partial charge < -0.3 is 4.74 Å². The van der Waals surface area contributed by atoms with Gasteiger partial charge in [0.15, 0.2) is 5.13 Å². The lowest BCUT2D eigenvalue weighted by Crippen LogP contribution is -2.29. The van der Waals surface area contributed by atoms with E-state index in [4.69, 9.17) is 4.74 Å². The third-order valence-electron chi connectivity index (χ3n) is 5.90. The molecular weight excluding hydrogens is 494 g/mol. The minimum Gasteiger partial charge on any atom is -0.494 e. The summed E-state index contributed by atoms with van der Waals surface area (Å²) in [6.45, 7) is 3.14. The summed E-state index contributed by atoms with van der Waals surface area (Å²) in [7, 11) is -3.71. The molecule has 9 heteroatoms. The first-order chi connectivity index (χ1) is 17.5. The van der Waals surface area contributed by atoms with E-state index in [2.05, 4.69) is 17.2 Å². The number of carbonyl (C=O) groups excluding carboxylic acids is 1. The summed E-state index contributed by atoms with van der Waals surface area (Å²) in [4.78, 5) is 17.4. The molecule has 0 fully saturated rings. The molecule has 7 nitrogen and oxygen atoms in total. The molecule has 1 aromatic heterocycles. The first-order valence-electron chi connectivity index (χ1n) is 11.7. The van der Waals surface area contributed by atoms with Crippen LogP contribution in [0.25, 0.3) is 11.3 Å². The molecule has 0 unspecified atom stereocenters. The fourth-order valence-electron chi connectivity index (χ4n) is 4.04. The number of hydrogen-bond donors (Lipinski definition) is 1. The van der Waals surface area contributed by atoms with Gasteiger partial charge in [-0.3, -0.25) is 14.4 Å². The van der Waals surface area contributed by atoms with E-state index in [-0.39, 0.29) is 10.8 Å². The van der Waals surface area contributed by atoms with Crippen LogP contribution in [0.2, 0.25) is 0 Å². The Kier molecular flexibility index (Phi) is 6.75. The second-order valence-electron chi connectivity index (χ2n) is 8.35. The Morgan fingerprint density at radius 2 is 1.81 bits per heavy atom. The smallest absolute Gasteiger partial charge is 0.264 e. The van der Waals surface area contributed by atoms with Crippen LogP contribution >= 0.6 is 11.3 Å². The summed E-state index contributed by atoms with van der Waals surface area (Å²) < 4.78 is 33.4. The summed E-state index contributed by atoms with van der Waals surface area (Å²) in [5.74, 6) is 0.457. The van der Waals surface area contributed by atoms with Crippen LogP contribution in [0, 0.1) is 0 Å². The van der Waals surface area contributed by atoms with Crippen LogP contribution in [0.4, 0.5) is 10.8 Å². The van der Waals surface area contributed by atoms with Crippen molar-refractivity contribution in [1.82, 2.24) is 4.98 Å². The quantitative estimate of drug-likeness (QED) is 0.327. The largest absolute Gasteiger partial charge is 0.494 e. The number of nitrogens with one attached hydrogen (secondary N) is 1. The fourth-order valence-corrected chi connectivity index (χ4v) is 6.26. The molecule has 1 aliphatic rings. The van der Waals surface area contributed by atoms with Gasteiger partial charge in [-0.05, 0) is 73.0 Å². The Morgan fingerprint density at radius 3 is 2.56 bits per heavy atom. The van der Waals surface area contributed by atoms with E-state index in [0.29, 0.717) is 36.0 Å². The lowest BCUT2D eigenvalue weighted by molar-refractivity contribution is 0.102. The second kappa shape index (κ2) is 10.1. The van der Waals surface area contributed by atoms with Crippen LogP contribution in [-0.4, -0.2) is 32.5 Å². The molecule has 0 bridgehead atoms. The third-order valence-corrected chi connectivity index (χ3v) is 8.48. The van der Waals surface area contributed by atoms with Crippen molar-refractivity contribution in [3.05, 3.63) is 89.3 Å². The zero-order valence-corrected chi connectivity index (χ0v) is 21.3. The van der Waals surface area contributed by atoms with Crippen molar-refractivity contribution < 1.29 is 17.9 Å². The monoisotopic (exact) mass is 519 g/mol. The van der Waals surface area contributed by atoms with Gasteiger partial charge >= 0.3 is 0 Å². The highest BCUT2D eigenvalue weighted by Crippen LogP contribution is 2.33. The van der Waals surface area contributed by atoms with Crippen molar-refractivity contribution in [1.29, 1.82) is 0 Å². The molecule has 184 valence electrons. The number of aromatic nitrogens is 1. The second-order valence-corrected chi connectivity index (χ2v) is 11.1. The molecule has 2 heterocycles. The topological polar surface area (TPSA) is 88.6 Å². The number of para-hydroxylation sites is 1. The summed E-state index contributed by atoms with van der Waals surface area (Å²) in [6, 6.07) is 21.2. The van der Waals surface area contributed by atoms with Crippen molar-refractivity contribution in [3.63, 3.8) is 0 Å². The molecule has 1 N–H and O–H groups in total. The van der Waals surface area contributed by atoms with Crippen molar-refractivity contribution in [3.8, 4) is 17.0 Å². The van der Waals surface area contributed by atoms with E-state index < -0.39 is 10.0 Å². The molecule has 4 aromatic rings. The molecule has 0 atom stereocenters. The minimum atomic E-state index is -3.71. The Morgan fingerprint density at radius 1 is 1.06 bits per heavy atom. The molecule has 0 radical (unpaired) electrons. The number of fused-ring (bicyclic) bond motifs is 1. The molecular formula is C27H25N3O4S2. The van der Waals surface area contributed by atoms with Crippen LogP contribution in [0.1, 0.15) is 29.3 Å². The number of nitrogens with zero attached hydrogens (tertiary/aromatic N) is 2. The number of thiazole rings is 1. The van der Waals surface area contributed by atoms with Crippen molar-refractivity contribution in [2.75, 3.05) is 22.8 Å². The zero-order valence-electron chi connectivity index (χ0n) is 19.7. The van der Waals surface area contributed by atoms with Crippen LogP contribution in [0.15, 0.2) is 83.1 Å². The van der Waals surface area contributed by atoms with Crippen molar-refractivity contribution in [2.24, 2.45) is 0 Å². The predicted molar refractivity (Wildman–Crippen MR) is 142 cm³/mol. The van der Waals surface area contributed by atoms with E-state index in [0.717, 1.165) is 29.0 Å². The standard InChI is InChI=1S/C27H25N3O4S2/c1-2-17-34-22-11-7-19(8-12-22)24-18-35-27(28-24)29-26(31)21-9-13-23(14-10-21)36(32,33)30-16-15-20-5-3-4-6-25(20)30/h3-14,18H,2,15-17H2,1H3,(H,28,29,31). The first kappa shape index (κ1) is 24.0. The number of benzene rings is 3. The van der Waals surface area contributed by atoms with Crippen LogP contribution in [0.3, 0.4) is 0 Å². The maximum atomic E-state index is 13.2. The maximum absolute atomic E-state index is 13.2. The number of rotatable bonds is 8. The Bertz CT molecular complexity index is 1480. The molecule has 36 heavy (non-hydrogen) atoms. The SMILES string of the molecule is CCCOc1ccc(-c2csc(NC(=O)c3ccc(S(=O)(=O)N4CCc5ccccc54)cc3)n2)cc1. The normalized spacial score (nSPS) is 12.9. The Balaban J connectivity index is 1.26. The van der Waals surface area contributed by atoms with Crippen molar-refractivity contribution in [2.45, 2.75) is 24.7 Å². The molecule has 3 aromatic carbocycles. The lowest BCUT2D eigenvalue weighted by atomic mass is 10.2. The molecule has 1 aliphatic heterocycles. The lowest BCUT2D eigenvalue weighted by Gasteiger charge is -2.19. The number of carbonyl (C=O) groups is 1. The zero-order chi connectivity index (χ0) is 25.1. The molecule has 0 saturated carbocycles. The number of sulfonamides is 1. The van der Waals surface area contributed by atoms with Crippen molar-refractivity contribution >= 4 is 38.1 Å². The highest BCUT2D eigenvalue weighted by molar-refractivity contribution is 7.92. The molecule has 1 amide bonds. The molecule has 0 saturated heterocycles. The van der Waals surface area contributed by atoms with Gasteiger partial charge in [0.25, 0.3) is 15.9 Å². The van der Waals surface area contributed by atoms with E-state index >= 15 is 0 Å². The Hall–Kier alpha value is -3.69. The summed E-state index contributed by atoms with van der Waals surface area (Å²) in [6.07, 6.45) is 1.63. The van der Waals surface area contributed by atoms with E-state index in [9.17, 15) is 13.2 Å². The number of hydrogen-bond acceptors (Lipinski definition) is 6. The fraction of sp³-hybridized carbons (Fsp3) is 0.185. The summed E-state index contributed by atoms with van der Waals surface area (Å²) in [5.41, 5.74) is 3.76. The Labute approximate surface area is 214 Å². The number of anilines is 2. The minimum absolute atomic E-state index is 0.152. The highest BCUT2D eigenvalue weighted by atomic mass is 32.2. The van der Waals surface area contributed by atoms with Crippen LogP contribution in [0.5, 0.6) is 5.75 Å². The summed E-state index contributed by atoms with van der Waals surface area (Å²) >= 11 is 1.33. The average molecular weight is 520 g/mol. The number of ether oxygens (including phenoxy) is 1. The van der Waals surface area contributed by atoms with Gasteiger partial charge in [-0.1, -0.05) is 25.1 Å². The predicted octanol–water partition coefficient (Wildman–Crippen LogP) is 5.60. The van der Waals surface area contributed by atoms with Gasteiger partial charge in [0.2, 0.25) is 0 Å². The van der Waals surface area contributed by atoms with E-state index in [1.54, 1.807) is 0 Å². The van der Waals surface area contributed by atoms with E-state index in [1.807, 2.05) is 53.9 Å². The third kappa shape index (κ3) is 4.84. The van der Waals surface area contributed by atoms with Gasteiger partial charge in [0.05, 0.1) is 22.9 Å². The highest BCUT2D eigenvalue weighted by Gasteiger charge is 2.30. The number of amides is 1. The van der Waals surface area contributed by atoms with Gasteiger partial charge in [0, 0.05) is 23.1 Å².